The zero-order valence-electron chi connectivity index (χ0n) is 14.8. The van der Waals surface area contributed by atoms with Gasteiger partial charge in [0.1, 0.15) is 24.3 Å². The van der Waals surface area contributed by atoms with E-state index in [1.807, 2.05) is 25.3 Å². The standard InChI is InChI=1S/C17H18N10/c1-13-9-16(27-17(23-13)20-12-22-27)25-7-5-24(6-8-25)14-10-15(19-11-18-14)26-4-2-3-21-26/h2-4,9-12H,5-8H2,1H3. The fourth-order valence-electron chi connectivity index (χ4n) is 3.34. The summed E-state index contributed by atoms with van der Waals surface area (Å²) in [7, 11) is 0. The van der Waals surface area contributed by atoms with Crippen LogP contribution in [0.3, 0.4) is 0 Å². The summed E-state index contributed by atoms with van der Waals surface area (Å²) in [5.41, 5.74) is 0.938. The largest absolute Gasteiger partial charge is 0.353 e. The Morgan fingerprint density at radius 2 is 1.67 bits per heavy atom. The Balaban J connectivity index is 1.36. The van der Waals surface area contributed by atoms with Crippen LogP contribution in [0.1, 0.15) is 5.69 Å². The molecule has 1 saturated heterocycles. The van der Waals surface area contributed by atoms with Crippen molar-refractivity contribution >= 4 is 17.4 Å². The van der Waals surface area contributed by atoms with E-state index in [9.17, 15) is 0 Å². The molecule has 1 aliphatic rings. The van der Waals surface area contributed by atoms with E-state index in [4.69, 9.17) is 0 Å². The van der Waals surface area contributed by atoms with Crippen LogP contribution in [0.25, 0.3) is 11.6 Å². The van der Waals surface area contributed by atoms with Crippen molar-refractivity contribution in [3.63, 3.8) is 0 Å². The van der Waals surface area contributed by atoms with E-state index in [0.29, 0.717) is 5.78 Å². The molecule has 0 amide bonds. The lowest BCUT2D eigenvalue weighted by Crippen LogP contribution is -2.47. The van der Waals surface area contributed by atoms with Crippen LogP contribution in [0, 0.1) is 6.92 Å². The van der Waals surface area contributed by atoms with Gasteiger partial charge in [0.2, 0.25) is 0 Å². The number of hydrogen-bond donors (Lipinski definition) is 0. The van der Waals surface area contributed by atoms with E-state index in [1.165, 1.54) is 0 Å². The average molecular weight is 362 g/mol. The number of rotatable bonds is 3. The van der Waals surface area contributed by atoms with Crippen molar-refractivity contribution < 1.29 is 0 Å². The molecular weight excluding hydrogens is 344 g/mol. The molecular formula is C17H18N10. The molecule has 4 aromatic heterocycles. The van der Waals surface area contributed by atoms with Crippen LogP contribution >= 0.6 is 0 Å². The molecule has 0 aliphatic carbocycles. The third-order valence-corrected chi connectivity index (χ3v) is 4.67. The van der Waals surface area contributed by atoms with Gasteiger partial charge in [-0.15, -0.1) is 0 Å². The Kier molecular flexibility index (Phi) is 3.66. The van der Waals surface area contributed by atoms with Crippen molar-refractivity contribution in [2.45, 2.75) is 6.92 Å². The van der Waals surface area contributed by atoms with Crippen LogP contribution in [0.2, 0.25) is 0 Å². The van der Waals surface area contributed by atoms with Gasteiger partial charge in [-0.25, -0.2) is 19.6 Å². The molecule has 0 aromatic carbocycles. The van der Waals surface area contributed by atoms with E-state index < -0.39 is 0 Å². The molecule has 0 unspecified atom stereocenters. The van der Waals surface area contributed by atoms with Crippen LogP contribution < -0.4 is 9.80 Å². The van der Waals surface area contributed by atoms with Crippen molar-refractivity contribution in [3.8, 4) is 5.82 Å². The van der Waals surface area contributed by atoms with Gasteiger partial charge in [-0.3, -0.25) is 0 Å². The third kappa shape index (κ3) is 2.84. The summed E-state index contributed by atoms with van der Waals surface area (Å²) in [5, 5.41) is 8.54. The smallest absolute Gasteiger partial charge is 0.254 e. The Morgan fingerprint density at radius 3 is 2.48 bits per heavy atom. The number of piperazine rings is 1. The SMILES string of the molecule is Cc1cc(N2CCN(c3cc(-n4cccn4)ncn3)CC2)n2ncnc2n1. The minimum Gasteiger partial charge on any atom is -0.353 e. The molecule has 10 nitrogen and oxygen atoms in total. The molecule has 4 aromatic rings. The quantitative estimate of drug-likeness (QED) is 0.527. The lowest BCUT2D eigenvalue weighted by Gasteiger charge is -2.36. The van der Waals surface area contributed by atoms with Crippen LogP contribution in [0.15, 0.2) is 43.2 Å². The highest BCUT2D eigenvalue weighted by molar-refractivity contribution is 5.50. The first-order valence-corrected chi connectivity index (χ1v) is 8.77. The van der Waals surface area contributed by atoms with Gasteiger partial charge < -0.3 is 9.80 Å². The van der Waals surface area contributed by atoms with Gasteiger partial charge >= 0.3 is 0 Å². The van der Waals surface area contributed by atoms with Gasteiger partial charge in [0, 0.05) is 56.4 Å². The highest BCUT2D eigenvalue weighted by Crippen LogP contribution is 2.20. The molecule has 10 heteroatoms. The maximum atomic E-state index is 4.44. The Hall–Kier alpha value is -3.56. The van der Waals surface area contributed by atoms with Crippen LogP contribution in [0.4, 0.5) is 11.6 Å². The van der Waals surface area contributed by atoms with Gasteiger partial charge in [-0.05, 0) is 13.0 Å². The normalized spacial score (nSPS) is 14.9. The van der Waals surface area contributed by atoms with Gasteiger partial charge in [0.05, 0.1) is 0 Å². The van der Waals surface area contributed by atoms with E-state index >= 15 is 0 Å². The second kappa shape index (κ2) is 6.31. The summed E-state index contributed by atoms with van der Waals surface area (Å²) in [4.78, 5) is 21.9. The van der Waals surface area contributed by atoms with Gasteiger partial charge in [0.25, 0.3) is 5.78 Å². The van der Waals surface area contributed by atoms with E-state index in [1.54, 1.807) is 28.0 Å². The molecule has 27 heavy (non-hydrogen) atoms. The average Bonchev–Trinajstić information content (AvgIpc) is 3.39. The third-order valence-electron chi connectivity index (χ3n) is 4.67. The second-order valence-corrected chi connectivity index (χ2v) is 6.39. The zero-order valence-corrected chi connectivity index (χ0v) is 14.8. The first-order chi connectivity index (χ1) is 13.3. The molecule has 0 radical (unpaired) electrons. The van der Waals surface area contributed by atoms with E-state index in [2.05, 4.69) is 46.0 Å². The minimum atomic E-state index is 0.632. The Morgan fingerprint density at radius 1 is 0.852 bits per heavy atom. The van der Waals surface area contributed by atoms with Crippen molar-refractivity contribution in [2.75, 3.05) is 36.0 Å². The summed E-state index contributed by atoms with van der Waals surface area (Å²) < 4.78 is 3.53. The van der Waals surface area contributed by atoms with Gasteiger partial charge in [-0.1, -0.05) is 0 Å². The first-order valence-electron chi connectivity index (χ1n) is 8.77. The molecule has 0 spiro atoms. The summed E-state index contributed by atoms with van der Waals surface area (Å²) >= 11 is 0. The molecule has 5 heterocycles. The molecule has 0 atom stereocenters. The predicted octanol–water partition coefficient (Wildman–Crippen LogP) is 0.735. The number of anilines is 2. The fraction of sp³-hybridized carbons (Fsp3) is 0.294. The molecule has 136 valence electrons. The van der Waals surface area contributed by atoms with Crippen molar-refractivity contribution in [3.05, 3.63) is 48.9 Å². The topological polar surface area (TPSA) is 93.2 Å². The van der Waals surface area contributed by atoms with Crippen LogP contribution in [0.5, 0.6) is 0 Å². The van der Waals surface area contributed by atoms with Crippen molar-refractivity contribution in [2.24, 2.45) is 0 Å². The Bertz CT molecular complexity index is 1060. The summed E-state index contributed by atoms with van der Waals surface area (Å²) in [6, 6.07) is 5.90. The van der Waals surface area contributed by atoms with Crippen LogP contribution in [-0.2, 0) is 0 Å². The lowest BCUT2D eigenvalue weighted by atomic mass is 10.3. The lowest BCUT2D eigenvalue weighted by molar-refractivity contribution is 0.631. The number of nitrogens with zero attached hydrogens (tertiary/aromatic N) is 10. The number of aromatic nitrogens is 8. The summed E-state index contributed by atoms with van der Waals surface area (Å²) in [6.07, 6.45) is 6.74. The van der Waals surface area contributed by atoms with Gasteiger partial charge in [-0.2, -0.15) is 19.7 Å². The maximum absolute atomic E-state index is 4.44. The molecule has 0 bridgehead atoms. The van der Waals surface area contributed by atoms with E-state index in [-0.39, 0.29) is 0 Å². The minimum absolute atomic E-state index is 0.632. The number of aryl methyl sites for hydroxylation is 1. The summed E-state index contributed by atoms with van der Waals surface area (Å²) in [5.74, 6) is 3.33. The molecule has 0 N–H and O–H groups in total. The fourth-order valence-corrected chi connectivity index (χ4v) is 3.34. The molecule has 0 saturated carbocycles. The van der Waals surface area contributed by atoms with E-state index in [0.717, 1.165) is 49.3 Å². The monoisotopic (exact) mass is 362 g/mol. The highest BCUT2D eigenvalue weighted by Gasteiger charge is 2.21. The van der Waals surface area contributed by atoms with Crippen LogP contribution in [-0.4, -0.2) is 65.5 Å². The maximum Gasteiger partial charge on any atom is 0.254 e. The molecule has 1 aliphatic heterocycles. The first kappa shape index (κ1) is 15.7. The highest BCUT2D eigenvalue weighted by atomic mass is 15.4. The van der Waals surface area contributed by atoms with Gasteiger partial charge in [0.15, 0.2) is 5.82 Å². The number of hydrogen-bond acceptors (Lipinski definition) is 8. The Labute approximate surface area is 155 Å². The zero-order chi connectivity index (χ0) is 18.2. The molecule has 1 fully saturated rings. The predicted molar refractivity (Wildman–Crippen MR) is 99.1 cm³/mol. The second-order valence-electron chi connectivity index (χ2n) is 6.39. The summed E-state index contributed by atoms with van der Waals surface area (Å²) in [6.45, 7) is 5.41. The number of fused-ring (bicyclic) bond motifs is 1. The van der Waals surface area contributed by atoms with Crippen molar-refractivity contribution in [1.82, 2.24) is 39.3 Å². The molecule has 5 rings (SSSR count). The van der Waals surface area contributed by atoms with Crippen molar-refractivity contribution in [1.29, 1.82) is 0 Å².